The molecular weight excluding hydrogens is 166 g/mol. The van der Waals surface area contributed by atoms with Crippen molar-refractivity contribution in [2.24, 2.45) is 5.92 Å². The van der Waals surface area contributed by atoms with E-state index in [9.17, 15) is 0 Å². The summed E-state index contributed by atoms with van der Waals surface area (Å²) in [4.78, 5) is 1.49. The predicted molar refractivity (Wildman–Crippen MR) is 55.2 cm³/mol. The van der Waals surface area contributed by atoms with Crippen LogP contribution in [0.4, 0.5) is 0 Å². The van der Waals surface area contributed by atoms with E-state index in [1.807, 2.05) is 11.8 Å². The van der Waals surface area contributed by atoms with E-state index in [4.69, 9.17) is 0 Å². The van der Waals surface area contributed by atoms with Crippen molar-refractivity contribution in [2.45, 2.75) is 0 Å². The van der Waals surface area contributed by atoms with Gasteiger partial charge in [0.1, 0.15) is 0 Å². The quantitative estimate of drug-likeness (QED) is 0.660. The van der Waals surface area contributed by atoms with Crippen molar-refractivity contribution in [1.82, 2.24) is 5.32 Å². The molecule has 0 amide bonds. The van der Waals surface area contributed by atoms with E-state index < -0.39 is 0 Å². The molecule has 2 aliphatic rings. The largest absolute Gasteiger partial charge is 0.311 e. The lowest BCUT2D eigenvalue weighted by Crippen LogP contribution is -2.31. The summed E-state index contributed by atoms with van der Waals surface area (Å²) in [6.45, 7) is 2.14. The lowest BCUT2D eigenvalue weighted by molar-refractivity contribution is 0.614. The first kappa shape index (κ1) is 8.14. The van der Waals surface area contributed by atoms with Crippen LogP contribution >= 0.6 is 11.8 Å². The second kappa shape index (κ2) is 3.50. The third-order valence-corrected chi connectivity index (χ3v) is 3.22. The van der Waals surface area contributed by atoms with E-state index in [0.29, 0.717) is 5.92 Å². The van der Waals surface area contributed by atoms with Crippen LogP contribution in [0, 0.1) is 5.92 Å². The molecule has 1 unspecified atom stereocenters. The molecule has 0 saturated carbocycles. The summed E-state index contributed by atoms with van der Waals surface area (Å²) in [6, 6.07) is 0. The van der Waals surface area contributed by atoms with Gasteiger partial charge >= 0.3 is 0 Å². The Labute approximate surface area is 77.6 Å². The normalized spacial score (nSPS) is 27.6. The zero-order valence-corrected chi connectivity index (χ0v) is 8.03. The monoisotopic (exact) mass is 179 g/mol. The Morgan fingerprint density at radius 1 is 1.50 bits per heavy atom. The van der Waals surface area contributed by atoms with Gasteiger partial charge in [-0.15, -0.1) is 11.8 Å². The molecule has 0 saturated heterocycles. The number of thioether (sulfide) groups is 1. The van der Waals surface area contributed by atoms with Crippen LogP contribution in [-0.2, 0) is 0 Å². The zero-order valence-electron chi connectivity index (χ0n) is 7.21. The minimum absolute atomic E-state index is 0.617. The molecule has 0 bridgehead atoms. The minimum atomic E-state index is 0.617. The SMILES string of the molecule is CSC1=C2C=CC=CC2CNC1. The number of hydrogen-bond acceptors (Lipinski definition) is 2. The fourth-order valence-corrected chi connectivity index (χ4v) is 2.40. The molecule has 64 valence electrons. The molecule has 2 rings (SSSR count). The summed E-state index contributed by atoms with van der Waals surface area (Å²) in [6.07, 6.45) is 10.9. The number of nitrogens with one attached hydrogen (secondary N) is 1. The topological polar surface area (TPSA) is 12.0 Å². The van der Waals surface area contributed by atoms with E-state index >= 15 is 0 Å². The Morgan fingerprint density at radius 2 is 2.42 bits per heavy atom. The van der Waals surface area contributed by atoms with E-state index in [1.165, 1.54) is 10.5 Å². The third kappa shape index (κ3) is 1.37. The van der Waals surface area contributed by atoms with Gasteiger partial charge in [-0.1, -0.05) is 24.3 Å². The Kier molecular flexibility index (Phi) is 2.38. The number of hydrogen-bond donors (Lipinski definition) is 1. The van der Waals surface area contributed by atoms with Gasteiger partial charge in [-0.05, 0) is 11.8 Å². The molecule has 1 atom stereocenters. The van der Waals surface area contributed by atoms with Crippen molar-refractivity contribution in [1.29, 1.82) is 0 Å². The van der Waals surface area contributed by atoms with E-state index in [0.717, 1.165) is 13.1 Å². The molecular formula is C10H13NS. The zero-order chi connectivity index (χ0) is 8.39. The second-order valence-electron chi connectivity index (χ2n) is 3.06. The molecule has 2 heteroatoms. The van der Waals surface area contributed by atoms with Gasteiger partial charge in [-0.2, -0.15) is 0 Å². The molecule has 1 nitrogen and oxygen atoms in total. The smallest absolute Gasteiger partial charge is 0.0268 e. The molecule has 1 N–H and O–H groups in total. The van der Waals surface area contributed by atoms with Gasteiger partial charge in [0.2, 0.25) is 0 Å². The van der Waals surface area contributed by atoms with Gasteiger partial charge < -0.3 is 5.32 Å². The fraction of sp³-hybridized carbons (Fsp3) is 0.400. The summed E-state index contributed by atoms with van der Waals surface area (Å²) < 4.78 is 0. The highest BCUT2D eigenvalue weighted by atomic mass is 32.2. The van der Waals surface area contributed by atoms with Crippen molar-refractivity contribution in [2.75, 3.05) is 19.3 Å². The summed E-state index contributed by atoms with van der Waals surface area (Å²) in [7, 11) is 0. The first-order valence-electron chi connectivity index (χ1n) is 4.24. The summed E-state index contributed by atoms with van der Waals surface area (Å²) in [5.74, 6) is 0.617. The maximum Gasteiger partial charge on any atom is 0.0268 e. The summed E-state index contributed by atoms with van der Waals surface area (Å²) in [5, 5.41) is 3.42. The number of fused-ring (bicyclic) bond motifs is 1. The second-order valence-corrected chi connectivity index (χ2v) is 3.97. The highest BCUT2D eigenvalue weighted by Gasteiger charge is 2.19. The fourth-order valence-electron chi connectivity index (χ4n) is 1.70. The van der Waals surface area contributed by atoms with E-state index in [2.05, 4.69) is 35.9 Å². The molecule has 0 fully saturated rings. The maximum atomic E-state index is 3.42. The number of rotatable bonds is 1. The molecule has 0 aromatic rings. The third-order valence-electron chi connectivity index (χ3n) is 2.35. The van der Waals surface area contributed by atoms with Crippen molar-refractivity contribution in [3.63, 3.8) is 0 Å². The van der Waals surface area contributed by atoms with Crippen molar-refractivity contribution < 1.29 is 0 Å². The molecule has 1 aliphatic heterocycles. The molecule has 12 heavy (non-hydrogen) atoms. The van der Waals surface area contributed by atoms with Crippen LogP contribution in [0.2, 0.25) is 0 Å². The standard InChI is InChI=1S/C10H13NS/c1-12-10-7-11-6-8-4-2-3-5-9(8)10/h2-5,8,11H,6-7H2,1H3. The van der Waals surface area contributed by atoms with Crippen LogP contribution in [0.25, 0.3) is 0 Å². The van der Waals surface area contributed by atoms with Gasteiger partial charge in [-0.25, -0.2) is 0 Å². The van der Waals surface area contributed by atoms with Crippen LogP contribution < -0.4 is 5.32 Å². The molecule has 1 aliphatic carbocycles. The lowest BCUT2D eigenvalue weighted by atomic mass is 9.92. The van der Waals surface area contributed by atoms with Gasteiger partial charge in [0.05, 0.1) is 0 Å². The Balaban J connectivity index is 2.33. The molecule has 0 aromatic heterocycles. The summed E-state index contributed by atoms with van der Waals surface area (Å²) >= 11 is 1.86. The molecule has 0 spiro atoms. The van der Waals surface area contributed by atoms with Crippen LogP contribution in [0.5, 0.6) is 0 Å². The van der Waals surface area contributed by atoms with Crippen LogP contribution in [-0.4, -0.2) is 19.3 Å². The highest BCUT2D eigenvalue weighted by molar-refractivity contribution is 8.02. The van der Waals surface area contributed by atoms with Crippen LogP contribution in [0.1, 0.15) is 0 Å². The average molecular weight is 179 g/mol. The first-order valence-corrected chi connectivity index (χ1v) is 5.47. The molecule has 0 aromatic carbocycles. The van der Waals surface area contributed by atoms with E-state index in [1.54, 1.807) is 0 Å². The lowest BCUT2D eigenvalue weighted by Gasteiger charge is -2.26. The Morgan fingerprint density at radius 3 is 3.25 bits per heavy atom. The van der Waals surface area contributed by atoms with Crippen LogP contribution in [0.3, 0.4) is 0 Å². The minimum Gasteiger partial charge on any atom is -0.311 e. The first-order chi connectivity index (χ1) is 5.92. The Hall–Kier alpha value is -0.470. The molecule has 0 radical (unpaired) electrons. The number of allylic oxidation sites excluding steroid dienone is 3. The van der Waals surface area contributed by atoms with Gasteiger partial charge in [0, 0.05) is 23.9 Å². The van der Waals surface area contributed by atoms with Gasteiger partial charge in [0.25, 0.3) is 0 Å². The Bertz CT molecular complexity index is 263. The van der Waals surface area contributed by atoms with Crippen molar-refractivity contribution in [3.8, 4) is 0 Å². The van der Waals surface area contributed by atoms with Gasteiger partial charge in [0.15, 0.2) is 0 Å². The molecule has 1 heterocycles. The van der Waals surface area contributed by atoms with Crippen molar-refractivity contribution in [3.05, 3.63) is 34.8 Å². The maximum absolute atomic E-state index is 3.42. The highest BCUT2D eigenvalue weighted by Crippen LogP contribution is 2.29. The van der Waals surface area contributed by atoms with Gasteiger partial charge in [-0.3, -0.25) is 0 Å². The van der Waals surface area contributed by atoms with E-state index in [-0.39, 0.29) is 0 Å². The van der Waals surface area contributed by atoms with Crippen molar-refractivity contribution >= 4 is 11.8 Å². The van der Waals surface area contributed by atoms with Crippen LogP contribution in [0.15, 0.2) is 34.8 Å². The predicted octanol–water partition coefficient (Wildman–Crippen LogP) is 1.95. The average Bonchev–Trinajstić information content (AvgIpc) is 2.17. The summed E-state index contributed by atoms with van der Waals surface area (Å²) in [5.41, 5.74) is 1.52.